The molecular weight excluding hydrogens is 254 g/mol. The fourth-order valence-electron chi connectivity index (χ4n) is 2.10. The van der Waals surface area contributed by atoms with Gasteiger partial charge < -0.3 is 4.57 Å². The predicted molar refractivity (Wildman–Crippen MR) is 75.9 cm³/mol. The van der Waals surface area contributed by atoms with Crippen molar-refractivity contribution in [1.29, 1.82) is 5.26 Å². The molecule has 1 aromatic carbocycles. The summed E-state index contributed by atoms with van der Waals surface area (Å²) in [7, 11) is 0. The number of pyridine rings is 1. The summed E-state index contributed by atoms with van der Waals surface area (Å²) in [5.74, 6) is 0.950. The Kier molecular flexibility index (Phi) is 3.21. The van der Waals surface area contributed by atoms with Gasteiger partial charge in [-0.15, -0.1) is 0 Å². The minimum Gasteiger partial charge on any atom is -0.327 e. The first-order valence-corrected chi connectivity index (χ1v) is 6.73. The Balaban J connectivity index is 2.03. The molecule has 0 aromatic heterocycles. The van der Waals surface area contributed by atoms with Crippen molar-refractivity contribution in [2.24, 2.45) is 0 Å². The van der Waals surface area contributed by atoms with E-state index in [0.717, 1.165) is 22.8 Å². The van der Waals surface area contributed by atoms with Gasteiger partial charge >= 0.3 is 0 Å². The second-order valence-corrected chi connectivity index (χ2v) is 5.06. The van der Waals surface area contributed by atoms with Gasteiger partial charge in [0.15, 0.2) is 0 Å². The van der Waals surface area contributed by atoms with Crippen LogP contribution in [0.5, 0.6) is 0 Å². The van der Waals surface area contributed by atoms with Gasteiger partial charge in [-0.3, -0.25) is 0 Å². The summed E-state index contributed by atoms with van der Waals surface area (Å²) in [5.41, 5.74) is 2.28. The third kappa shape index (κ3) is 2.47. The van der Waals surface area contributed by atoms with E-state index in [1.807, 2.05) is 36.5 Å². The van der Waals surface area contributed by atoms with Gasteiger partial charge in [0.05, 0.1) is 0 Å². The number of fused-ring (bicyclic) bond motifs is 1. The van der Waals surface area contributed by atoms with Crippen molar-refractivity contribution in [2.75, 3.05) is 0 Å². The maximum absolute atomic E-state index is 8.81. The minimum atomic E-state index is 0.758. The lowest BCUT2D eigenvalue weighted by atomic mass is 10.2. The Morgan fingerprint density at radius 1 is 1.21 bits per heavy atom. The molecule has 1 aromatic rings. The van der Waals surface area contributed by atoms with E-state index in [2.05, 4.69) is 27.1 Å². The molecule has 0 bridgehead atoms. The van der Waals surface area contributed by atoms with Crippen molar-refractivity contribution in [3.63, 3.8) is 0 Å². The Hall–Kier alpha value is -2.25. The molecular formula is C15H11N3S. The van der Waals surface area contributed by atoms with E-state index in [4.69, 9.17) is 5.26 Å². The molecule has 2 aliphatic rings. The molecule has 0 N–H and O–H groups in total. The molecule has 3 rings (SSSR count). The SMILES string of the molecule is N#CSc1cc2ccnc-2n(Cc2ccccc2)c1. The molecule has 0 aliphatic carbocycles. The Labute approximate surface area is 115 Å². The Morgan fingerprint density at radius 3 is 2.84 bits per heavy atom. The van der Waals surface area contributed by atoms with Crippen LogP contribution in [0.2, 0.25) is 0 Å². The lowest BCUT2D eigenvalue weighted by molar-refractivity contribution is 0.772. The third-order valence-electron chi connectivity index (χ3n) is 2.92. The number of aromatic nitrogens is 2. The summed E-state index contributed by atoms with van der Waals surface area (Å²) in [4.78, 5) is 5.33. The molecule has 0 amide bonds. The van der Waals surface area contributed by atoms with E-state index in [1.165, 1.54) is 17.3 Å². The molecule has 2 heterocycles. The summed E-state index contributed by atoms with van der Waals surface area (Å²) in [6.07, 6.45) is 3.78. The average Bonchev–Trinajstić information content (AvgIpc) is 2.89. The van der Waals surface area contributed by atoms with Crippen LogP contribution in [0.4, 0.5) is 0 Å². The molecule has 19 heavy (non-hydrogen) atoms. The highest BCUT2D eigenvalue weighted by Gasteiger charge is 2.11. The monoisotopic (exact) mass is 265 g/mol. The van der Waals surface area contributed by atoms with E-state index in [9.17, 15) is 0 Å². The van der Waals surface area contributed by atoms with Crippen LogP contribution in [0.25, 0.3) is 11.4 Å². The van der Waals surface area contributed by atoms with Crippen molar-refractivity contribution in [3.05, 3.63) is 60.4 Å². The van der Waals surface area contributed by atoms with Gasteiger partial charge in [-0.2, -0.15) is 5.26 Å². The van der Waals surface area contributed by atoms with Gasteiger partial charge in [0, 0.05) is 29.4 Å². The van der Waals surface area contributed by atoms with Crippen LogP contribution in [-0.4, -0.2) is 9.55 Å². The van der Waals surface area contributed by atoms with E-state index in [0.29, 0.717) is 0 Å². The largest absolute Gasteiger partial charge is 0.327 e. The van der Waals surface area contributed by atoms with Crippen molar-refractivity contribution in [3.8, 4) is 16.8 Å². The van der Waals surface area contributed by atoms with Crippen molar-refractivity contribution < 1.29 is 0 Å². The number of hydrogen-bond donors (Lipinski definition) is 0. The van der Waals surface area contributed by atoms with Gasteiger partial charge in [-0.05, 0) is 29.5 Å². The predicted octanol–water partition coefficient (Wildman–Crippen LogP) is 3.61. The fourth-order valence-corrected chi connectivity index (χ4v) is 2.58. The van der Waals surface area contributed by atoms with Gasteiger partial charge in [-0.25, -0.2) is 4.98 Å². The molecule has 0 unspecified atom stereocenters. The quantitative estimate of drug-likeness (QED) is 0.536. The van der Waals surface area contributed by atoms with Crippen LogP contribution in [0.1, 0.15) is 5.56 Å². The first-order chi connectivity index (χ1) is 9.36. The second-order valence-electron chi connectivity index (χ2n) is 4.21. The van der Waals surface area contributed by atoms with Gasteiger partial charge in [0.2, 0.25) is 0 Å². The lowest BCUT2D eigenvalue weighted by Gasteiger charge is -2.13. The third-order valence-corrected chi connectivity index (χ3v) is 3.47. The fraction of sp³-hybridized carbons (Fsp3) is 0.0667. The van der Waals surface area contributed by atoms with E-state index < -0.39 is 0 Å². The summed E-state index contributed by atoms with van der Waals surface area (Å²) < 4.78 is 2.09. The molecule has 4 heteroatoms. The van der Waals surface area contributed by atoms with Gasteiger partial charge in [0.1, 0.15) is 11.2 Å². The zero-order chi connectivity index (χ0) is 13.1. The molecule has 0 saturated heterocycles. The maximum atomic E-state index is 8.81. The number of thiocyanates is 1. The number of thioether (sulfide) groups is 1. The molecule has 3 nitrogen and oxygen atoms in total. The first-order valence-electron chi connectivity index (χ1n) is 5.91. The van der Waals surface area contributed by atoms with Crippen LogP contribution in [0, 0.1) is 10.7 Å². The first kappa shape index (κ1) is 11.8. The maximum Gasteiger partial charge on any atom is 0.140 e. The van der Waals surface area contributed by atoms with E-state index in [1.54, 1.807) is 6.20 Å². The topological polar surface area (TPSA) is 41.6 Å². The van der Waals surface area contributed by atoms with Crippen LogP contribution in [0.3, 0.4) is 0 Å². The average molecular weight is 265 g/mol. The summed E-state index contributed by atoms with van der Waals surface area (Å²) in [5, 5.41) is 10.9. The smallest absolute Gasteiger partial charge is 0.140 e. The van der Waals surface area contributed by atoms with Crippen molar-refractivity contribution in [1.82, 2.24) is 9.55 Å². The van der Waals surface area contributed by atoms with Crippen molar-refractivity contribution >= 4 is 11.8 Å². The van der Waals surface area contributed by atoms with Crippen LogP contribution in [0.15, 0.2) is 59.8 Å². The molecule has 0 fully saturated rings. The Morgan fingerprint density at radius 2 is 2.05 bits per heavy atom. The minimum absolute atomic E-state index is 0.758. The molecule has 0 atom stereocenters. The highest BCUT2D eigenvalue weighted by molar-refractivity contribution is 8.03. The zero-order valence-corrected chi connectivity index (χ0v) is 11.0. The van der Waals surface area contributed by atoms with Crippen LogP contribution in [-0.2, 0) is 6.54 Å². The number of benzene rings is 1. The standard InChI is InChI=1S/C15H11N3S/c16-11-19-14-8-13-6-7-17-15(13)18(10-14)9-12-4-2-1-3-5-12/h1-8,10H,9H2. The normalized spacial score (nSPS) is 10.5. The molecule has 2 aliphatic heterocycles. The summed E-state index contributed by atoms with van der Waals surface area (Å²) in [6, 6.07) is 14.2. The highest BCUT2D eigenvalue weighted by Crippen LogP contribution is 2.27. The zero-order valence-electron chi connectivity index (χ0n) is 10.2. The molecule has 92 valence electrons. The molecule has 0 radical (unpaired) electrons. The number of nitrogens with zero attached hydrogens (tertiary/aromatic N) is 3. The van der Waals surface area contributed by atoms with E-state index in [-0.39, 0.29) is 0 Å². The van der Waals surface area contributed by atoms with E-state index >= 15 is 0 Å². The molecule has 0 saturated carbocycles. The van der Waals surface area contributed by atoms with Gasteiger partial charge in [-0.1, -0.05) is 30.3 Å². The summed E-state index contributed by atoms with van der Waals surface area (Å²) >= 11 is 1.18. The highest BCUT2D eigenvalue weighted by atomic mass is 32.2. The second kappa shape index (κ2) is 5.17. The molecule has 0 spiro atoms. The number of nitriles is 1. The number of hydrogen-bond acceptors (Lipinski definition) is 3. The van der Waals surface area contributed by atoms with Gasteiger partial charge in [0.25, 0.3) is 0 Å². The lowest BCUT2D eigenvalue weighted by Crippen LogP contribution is -2.05. The Bertz CT molecular complexity index is 697. The van der Waals surface area contributed by atoms with Crippen LogP contribution >= 0.6 is 11.8 Å². The summed E-state index contributed by atoms with van der Waals surface area (Å²) in [6.45, 7) is 0.758. The van der Waals surface area contributed by atoms with Crippen LogP contribution < -0.4 is 0 Å². The number of rotatable bonds is 3. The van der Waals surface area contributed by atoms with Crippen molar-refractivity contribution in [2.45, 2.75) is 11.4 Å².